The van der Waals surface area contributed by atoms with E-state index in [0.29, 0.717) is 12.0 Å². The molecule has 1 atom stereocenters. The summed E-state index contributed by atoms with van der Waals surface area (Å²) in [5.41, 5.74) is 3.00. The van der Waals surface area contributed by atoms with Gasteiger partial charge in [-0.1, -0.05) is 30.4 Å². The van der Waals surface area contributed by atoms with E-state index in [0.717, 1.165) is 0 Å². The van der Waals surface area contributed by atoms with E-state index in [1.807, 2.05) is 0 Å². The van der Waals surface area contributed by atoms with Crippen LogP contribution in [-0.2, 0) is 9.59 Å². The van der Waals surface area contributed by atoms with Crippen LogP contribution in [0.3, 0.4) is 0 Å². The highest BCUT2D eigenvalue weighted by Gasteiger charge is 2.32. The number of hydrogen-bond donors (Lipinski definition) is 2. The third kappa shape index (κ3) is 2.25. The quantitative estimate of drug-likeness (QED) is 0.371. The van der Waals surface area contributed by atoms with E-state index in [2.05, 4.69) is 0 Å². The van der Waals surface area contributed by atoms with Gasteiger partial charge in [-0.2, -0.15) is 0 Å². The van der Waals surface area contributed by atoms with Gasteiger partial charge in [-0.05, 0) is 6.42 Å². The number of carbonyl (C=O) groups excluding carboxylic acids is 2. The standard InChI is InChI=1S/C10H11NO3/c11-10(14,7-12)9(13)8-5-3-1-2-4-6-8/h1-5,7,14H,6,11H2. The highest BCUT2D eigenvalue weighted by Crippen LogP contribution is 2.12. The number of Topliss-reactive ketones (excluding diaryl/α,β-unsaturated/α-hetero) is 1. The van der Waals surface area contributed by atoms with Gasteiger partial charge in [-0.25, -0.2) is 0 Å². The Morgan fingerprint density at radius 3 is 2.86 bits per heavy atom. The molecule has 0 radical (unpaired) electrons. The number of hydrogen-bond acceptors (Lipinski definition) is 4. The second-order valence-electron chi connectivity index (χ2n) is 2.98. The summed E-state index contributed by atoms with van der Waals surface area (Å²) in [5.74, 6) is -0.760. The van der Waals surface area contributed by atoms with Crippen molar-refractivity contribution in [1.29, 1.82) is 0 Å². The molecule has 0 fully saturated rings. The topological polar surface area (TPSA) is 80.4 Å². The number of aldehydes is 1. The third-order valence-corrected chi connectivity index (χ3v) is 1.83. The minimum absolute atomic E-state index is 0.0362. The average molecular weight is 193 g/mol. The first-order valence-corrected chi connectivity index (χ1v) is 4.12. The van der Waals surface area contributed by atoms with Gasteiger partial charge in [0.15, 0.2) is 6.29 Å². The fourth-order valence-corrected chi connectivity index (χ4v) is 1.06. The molecule has 74 valence electrons. The van der Waals surface area contributed by atoms with Gasteiger partial charge in [0.1, 0.15) is 0 Å². The fourth-order valence-electron chi connectivity index (χ4n) is 1.06. The highest BCUT2D eigenvalue weighted by molar-refractivity contribution is 6.10. The summed E-state index contributed by atoms with van der Waals surface area (Å²) in [6, 6.07) is 0. The second kappa shape index (κ2) is 4.13. The van der Waals surface area contributed by atoms with Gasteiger partial charge in [0, 0.05) is 5.57 Å². The minimum Gasteiger partial charge on any atom is -0.363 e. The van der Waals surface area contributed by atoms with Crippen LogP contribution >= 0.6 is 0 Å². The van der Waals surface area contributed by atoms with E-state index in [4.69, 9.17) is 5.73 Å². The van der Waals surface area contributed by atoms with Crippen molar-refractivity contribution >= 4 is 12.1 Å². The van der Waals surface area contributed by atoms with Crippen LogP contribution in [0.4, 0.5) is 0 Å². The molecule has 0 saturated heterocycles. The minimum atomic E-state index is -2.40. The SMILES string of the molecule is NC(O)(C=O)C(=O)C1=CC=CC=CC1. The number of nitrogens with two attached hydrogens (primary N) is 1. The Hall–Kier alpha value is -1.52. The van der Waals surface area contributed by atoms with Crippen LogP contribution in [0.2, 0.25) is 0 Å². The van der Waals surface area contributed by atoms with Crippen molar-refractivity contribution in [1.82, 2.24) is 0 Å². The van der Waals surface area contributed by atoms with Crippen LogP contribution in [-0.4, -0.2) is 22.9 Å². The fraction of sp³-hybridized carbons (Fsp3) is 0.200. The number of aliphatic hydroxyl groups is 1. The highest BCUT2D eigenvalue weighted by atomic mass is 16.3. The summed E-state index contributed by atoms with van der Waals surface area (Å²) >= 11 is 0. The van der Waals surface area contributed by atoms with Crippen LogP contribution in [0.25, 0.3) is 0 Å². The van der Waals surface area contributed by atoms with Gasteiger partial charge >= 0.3 is 0 Å². The van der Waals surface area contributed by atoms with Crippen molar-refractivity contribution in [3.8, 4) is 0 Å². The Labute approximate surface area is 81.4 Å². The smallest absolute Gasteiger partial charge is 0.235 e. The maximum absolute atomic E-state index is 11.5. The molecule has 0 saturated carbocycles. The maximum Gasteiger partial charge on any atom is 0.235 e. The molecule has 4 heteroatoms. The first-order valence-electron chi connectivity index (χ1n) is 4.12. The third-order valence-electron chi connectivity index (χ3n) is 1.83. The molecule has 1 aliphatic carbocycles. The van der Waals surface area contributed by atoms with Crippen LogP contribution in [0.1, 0.15) is 6.42 Å². The number of ketones is 1. The molecule has 3 N–H and O–H groups in total. The van der Waals surface area contributed by atoms with E-state index in [-0.39, 0.29) is 6.29 Å². The van der Waals surface area contributed by atoms with Crippen molar-refractivity contribution in [3.63, 3.8) is 0 Å². The average Bonchev–Trinajstić information content (AvgIpc) is 2.44. The Bertz CT molecular complexity index is 337. The van der Waals surface area contributed by atoms with Crippen LogP contribution in [0.15, 0.2) is 36.0 Å². The van der Waals surface area contributed by atoms with Gasteiger partial charge < -0.3 is 5.11 Å². The van der Waals surface area contributed by atoms with Crippen LogP contribution in [0, 0.1) is 0 Å². The maximum atomic E-state index is 11.5. The summed E-state index contributed by atoms with van der Waals surface area (Å²) in [7, 11) is 0. The molecule has 0 aromatic carbocycles. The lowest BCUT2D eigenvalue weighted by atomic mass is 10.00. The van der Waals surface area contributed by atoms with Crippen molar-refractivity contribution in [2.24, 2.45) is 5.73 Å². The molecular weight excluding hydrogens is 182 g/mol. The van der Waals surface area contributed by atoms with Gasteiger partial charge in [0.25, 0.3) is 0 Å². The summed E-state index contributed by atoms with van der Waals surface area (Å²) in [6.45, 7) is 0. The largest absolute Gasteiger partial charge is 0.363 e. The Morgan fingerprint density at radius 2 is 2.21 bits per heavy atom. The van der Waals surface area contributed by atoms with Gasteiger partial charge in [0.05, 0.1) is 0 Å². The normalized spacial score (nSPS) is 19.4. The zero-order valence-electron chi connectivity index (χ0n) is 7.51. The lowest BCUT2D eigenvalue weighted by Gasteiger charge is -2.14. The van der Waals surface area contributed by atoms with Gasteiger partial charge in [-0.3, -0.25) is 15.3 Å². The molecule has 1 rings (SSSR count). The first kappa shape index (κ1) is 10.6. The van der Waals surface area contributed by atoms with E-state index in [1.165, 1.54) is 6.08 Å². The Morgan fingerprint density at radius 1 is 1.50 bits per heavy atom. The lowest BCUT2D eigenvalue weighted by Crippen LogP contribution is -2.50. The summed E-state index contributed by atoms with van der Waals surface area (Å²) < 4.78 is 0. The molecule has 0 spiro atoms. The molecule has 1 unspecified atom stereocenters. The van der Waals surface area contributed by atoms with Crippen molar-refractivity contribution in [2.45, 2.75) is 12.1 Å². The van der Waals surface area contributed by atoms with Gasteiger partial charge in [-0.15, -0.1) is 0 Å². The van der Waals surface area contributed by atoms with E-state index in [9.17, 15) is 14.7 Å². The molecule has 0 amide bonds. The van der Waals surface area contributed by atoms with Crippen molar-refractivity contribution < 1.29 is 14.7 Å². The van der Waals surface area contributed by atoms with Crippen LogP contribution in [0.5, 0.6) is 0 Å². The number of carbonyl (C=O) groups is 2. The lowest BCUT2D eigenvalue weighted by molar-refractivity contribution is -0.140. The molecule has 0 aromatic rings. The molecule has 0 heterocycles. The Balaban J connectivity index is 2.90. The zero-order valence-corrected chi connectivity index (χ0v) is 7.51. The molecule has 1 aliphatic rings. The predicted octanol–water partition coefficient (Wildman–Crippen LogP) is -0.156. The second-order valence-corrected chi connectivity index (χ2v) is 2.98. The monoisotopic (exact) mass is 193 g/mol. The first-order chi connectivity index (χ1) is 6.58. The molecular formula is C10H11NO3. The summed E-state index contributed by atoms with van der Waals surface area (Å²) in [6.07, 6.45) is 8.84. The molecule has 0 aliphatic heterocycles. The van der Waals surface area contributed by atoms with E-state index < -0.39 is 11.5 Å². The van der Waals surface area contributed by atoms with Crippen LogP contribution < -0.4 is 5.73 Å². The summed E-state index contributed by atoms with van der Waals surface area (Å²) in [5, 5.41) is 9.21. The molecule has 0 aromatic heterocycles. The molecule has 14 heavy (non-hydrogen) atoms. The van der Waals surface area contributed by atoms with Crippen molar-refractivity contribution in [3.05, 3.63) is 36.0 Å². The van der Waals surface area contributed by atoms with E-state index >= 15 is 0 Å². The molecule has 4 nitrogen and oxygen atoms in total. The van der Waals surface area contributed by atoms with Gasteiger partial charge in [0.2, 0.25) is 11.5 Å². The van der Waals surface area contributed by atoms with Crippen molar-refractivity contribution in [2.75, 3.05) is 0 Å². The zero-order chi connectivity index (χ0) is 10.6. The Kier molecular flexibility index (Phi) is 3.11. The number of allylic oxidation sites excluding steroid dienone is 5. The number of rotatable bonds is 3. The molecule has 0 bridgehead atoms. The van der Waals surface area contributed by atoms with E-state index in [1.54, 1.807) is 24.3 Å². The predicted molar refractivity (Wildman–Crippen MR) is 51.2 cm³/mol. The summed E-state index contributed by atoms with van der Waals surface area (Å²) in [4.78, 5) is 21.8.